The van der Waals surface area contributed by atoms with Crippen molar-refractivity contribution in [1.29, 1.82) is 0 Å². The van der Waals surface area contributed by atoms with Gasteiger partial charge in [0.2, 0.25) is 0 Å². The van der Waals surface area contributed by atoms with Gasteiger partial charge in [-0.05, 0) is 30.2 Å². The number of carbonyl (C=O) groups is 1. The molecule has 0 fully saturated rings. The van der Waals surface area contributed by atoms with E-state index in [0.717, 1.165) is 12.0 Å². The third-order valence-corrected chi connectivity index (χ3v) is 2.94. The van der Waals surface area contributed by atoms with E-state index in [2.05, 4.69) is 0 Å². The number of nitrogens with zero attached hydrogens (tertiary/aromatic N) is 1. The third kappa shape index (κ3) is 3.36. The van der Waals surface area contributed by atoms with Gasteiger partial charge in [0.1, 0.15) is 5.75 Å². The summed E-state index contributed by atoms with van der Waals surface area (Å²) in [6, 6.07) is 16.3. The fraction of sp³-hybridized carbons (Fsp3) is 0.188. The molecule has 2 aromatic rings. The Morgan fingerprint density at radius 2 is 1.75 bits per heavy atom. The van der Waals surface area contributed by atoms with Gasteiger partial charge in [-0.15, -0.1) is 0 Å². The van der Waals surface area contributed by atoms with Gasteiger partial charge in [0.25, 0.3) is 5.91 Å². The summed E-state index contributed by atoms with van der Waals surface area (Å²) >= 11 is 0. The first-order chi connectivity index (χ1) is 9.72. The normalized spacial score (nSPS) is 10.1. The van der Waals surface area contributed by atoms with E-state index in [9.17, 15) is 10.0 Å². The molecule has 0 aliphatic carbocycles. The van der Waals surface area contributed by atoms with Crippen molar-refractivity contribution >= 4 is 11.6 Å². The lowest BCUT2D eigenvalue weighted by molar-refractivity contribution is -0.125. The summed E-state index contributed by atoms with van der Waals surface area (Å²) in [5, 5.41) is 10.6. The van der Waals surface area contributed by atoms with E-state index in [4.69, 9.17) is 4.74 Å². The van der Waals surface area contributed by atoms with Crippen LogP contribution >= 0.6 is 0 Å². The van der Waals surface area contributed by atoms with E-state index in [-0.39, 0.29) is 6.61 Å². The minimum Gasteiger partial charge on any atom is -0.484 e. The van der Waals surface area contributed by atoms with Gasteiger partial charge in [0, 0.05) is 0 Å². The number of ether oxygens (including phenoxy) is 1. The molecule has 0 saturated carbocycles. The predicted octanol–water partition coefficient (Wildman–Crippen LogP) is 3.05. The lowest BCUT2D eigenvalue weighted by Gasteiger charge is -2.18. The Kier molecular flexibility index (Phi) is 4.74. The Bertz CT molecular complexity index is 569. The van der Waals surface area contributed by atoms with Crippen molar-refractivity contribution in [2.45, 2.75) is 13.3 Å². The van der Waals surface area contributed by atoms with Crippen molar-refractivity contribution in [3.05, 3.63) is 60.2 Å². The molecule has 0 heterocycles. The summed E-state index contributed by atoms with van der Waals surface area (Å²) < 4.78 is 5.33. The van der Waals surface area contributed by atoms with Gasteiger partial charge in [-0.2, -0.15) is 5.06 Å². The minimum atomic E-state index is -0.505. The van der Waals surface area contributed by atoms with Crippen LogP contribution in [0.2, 0.25) is 0 Å². The maximum Gasteiger partial charge on any atom is 0.288 e. The van der Waals surface area contributed by atoms with Crippen molar-refractivity contribution in [2.75, 3.05) is 11.7 Å². The van der Waals surface area contributed by atoms with E-state index in [1.54, 1.807) is 24.3 Å². The summed E-state index contributed by atoms with van der Waals surface area (Å²) in [7, 11) is 0. The first-order valence-electron chi connectivity index (χ1n) is 6.50. The van der Waals surface area contributed by atoms with Crippen LogP contribution in [0, 0.1) is 0 Å². The molecule has 0 unspecified atom stereocenters. The smallest absolute Gasteiger partial charge is 0.288 e. The van der Waals surface area contributed by atoms with E-state index < -0.39 is 5.91 Å². The monoisotopic (exact) mass is 271 g/mol. The Hall–Kier alpha value is -2.33. The maximum atomic E-state index is 11.9. The zero-order valence-corrected chi connectivity index (χ0v) is 11.3. The number of hydrogen-bond donors (Lipinski definition) is 1. The first-order valence-corrected chi connectivity index (χ1v) is 6.50. The molecule has 20 heavy (non-hydrogen) atoms. The second kappa shape index (κ2) is 6.73. The van der Waals surface area contributed by atoms with Gasteiger partial charge >= 0.3 is 0 Å². The second-order valence-corrected chi connectivity index (χ2v) is 4.29. The number of carbonyl (C=O) groups excluding carboxylic acids is 1. The predicted molar refractivity (Wildman–Crippen MR) is 77.0 cm³/mol. The molecule has 1 N–H and O–H groups in total. The molecular formula is C16H17NO3. The van der Waals surface area contributed by atoms with E-state index in [1.807, 2.05) is 37.3 Å². The summed E-state index contributed by atoms with van der Waals surface area (Å²) in [4.78, 5) is 11.9. The average molecular weight is 271 g/mol. The molecule has 4 heteroatoms. The Morgan fingerprint density at radius 1 is 1.10 bits per heavy atom. The quantitative estimate of drug-likeness (QED) is 0.671. The highest BCUT2D eigenvalue weighted by atomic mass is 16.5. The Balaban J connectivity index is 2.02. The van der Waals surface area contributed by atoms with Gasteiger partial charge in [-0.1, -0.05) is 43.3 Å². The van der Waals surface area contributed by atoms with Crippen molar-refractivity contribution in [3.63, 3.8) is 0 Å². The number of rotatable bonds is 5. The molecule has 0 saturated heterocycles. The maximum absolute atomic E-state index is 11.9. The van der Waals surface area contributed by atoms with Crippen LogP contribution in [0.1, 0.15) is 12.5 Å². The number of anilines is 1. The molecule has 0 radical (unpaired) electrons. The molecule has 1 amide bonds. The Morgan fingerprint density at radius 3 is 2.45 bits per heavy atom. The van der Waals surface area contributed by atoms with Gasteiger partial charge in [0.05, 0.1) is 5.69 Å². The minimum absolute atomic E-state index is 0.210. The highest BCUT2D eigenvalue weighted by Gasteiger charge is 2.16. The molecule has 0 atom stereocenters. The molecule has 0 bridgehead atoms. The van der Waals surface area contributed by atoms with Crippen molar-refractivity contribution in [1.82, 2.24) is 0 Å². The van der Waals surface area contributed by atoms with Crippen molar-refractivity contribution in [2.24, 2.45) is 0 Å². The second-order valence-electron chi connectivity index (χ2n) is 4.29. The SMILES string of the molecule is CCc1ccccc1N(O)C(=O)COc1ccccc1. The van der Waals surface area contributed by atoms with Gasteiger partial charge in [-0.3, -0.25) is 10.0 Å². The number of amides is 1. The molecule has 2 aromatic carbocycles. The number of benzene rings is 2. The molecule has 0 aliphatic heterocycles. The van der Waals surface area contributed by atoms with Crippen LogP contribution in [0.15, 0.2) is 54.6 Å². The fourth-order valence-corrected chi connectivity index (χ4v) is 1.87. The zero-order valence-electron chi connectivity index (χ0n) is 11.3. The third-order valence-electron chi connectivity index (χ3n) is 2.94. The molecule has 0 aromatic heterocycles. The summed E-state index contributed by atoms with van der Waals surface area (Å²) in [5.41, 5.74) is 1.40. The van der Waals surface area contributed by atoms with Crippen LogP contribution in [-0.4, -0.2) is 17.7 Å². The van der Waals surface area contributed by atoms with Crippen LogP contribution < -0.4 is 9.80 Å². The van der Waals surface area contributed by atoms with E-state index in [1.165, 1.54) is 0 Å². The number of hydroxylamine groups is 1. The van der Waals surface area contributed by atoms with Crippen LogP contribution in [0.4, 0.5) is 5.69 Å². The van der Waals surface area contributed by atoms with Crippen LogP contribution in [0.25, 0.3) is 0 Å². The number of para-hydroxylation sites is 2. The van der Waals surface area contributed by atoms with Gasteiger partial charge in [0.15, 0.2) is 6.61 Å². The largest absolute Gasteiger partial charge is 0.484 e. The van der Waals surface area contributed by atoms with Crippen molar-refractivity contribution < 1.29 is 14.7 Å². The fourth-order valence-electron chi connectivity index (χ4n) is 1.87. The lowest BCUT2D eigenvalue weighted by atomic mass is 10.1. The highest BCUT2D eigenvalue weighted by Crippen LogP contribution is 2.19. The number of hydrogen-bond acceptors (Lipinski definition) is 3. The van der Waals surface area contributed by atoms with Crippen LogP contribution in [0.3, 0.4) is 0 Å². The Labute approximate surface area is 118 Å². The van der Waals surface area contributed by atoms with Gasteiger partial charge in [-0.25, -0.2) is 0 Å². The molecule has 104 valence electrons. The van der Waals surface area contributed by atoms with Crippen LogP contribution in [0.5, 0.6) is 5.75 Å². The molecule has 4 nitrogen and oxygen atoms in total. The van der Waals surface area contributed by atoms with Crippen molar-refractivity contribution in [3.8, 4) is 5.75 Å². The summed E-state index contributed by atoms with van der Waals surface area (Å²) in [6.45, 7) is 1.76. The number of aryl methyl sites for hydroxylation is 1. The van der Waals surface area contributed by atoms with Gasteiger partial charge < -0.3 is 4.74 Å². The standard InChI is InChI=1S/C16H17NO3/c1-2-13-8-6-7-11-15(13)17(19)16(18)12-20-14-9-4-3-5-10-14/h3-11,19H,2,12H2,1H3. The molecule has 0 aliphatic rings. The topological polar surface area (TPSA) is 49.8 Å². The summed E-state index contributed by atoms with van der Waals surface area (Å²) in [5.74, 6) is 0.0905. The summed E-state index contributed by atoms with van der Waals surface area (Å²) in [6.07, 6.45) is 0.736. The van der Waals surface area contributed by atoms with E-state index in [0.29, 0.717) is 16.5 Å². The highest BCUT2D eigenvalue weighted by molar-refractivity contribution is 5.92. The van der Waals surface area contributed by atoms with E-state index >= 15 is 0 Å². The molecular weight excluding hydrogens is 254 g/mol. The average Bonchev–Trinajstić information content (AvgIpc) is 2.52. The van der Waals surface area contributed by atoms with Crippen LogP contribution in [-0.2, 0) is 11.2 Å². The molecule has 0 spiro atoms. The lowest BCUT2D eigenvalue weighted by Crippen LogP contribution is -2.32. The first kappa shape index (κ1) is 14.1. The molecule has 2 rings (SSSR count). The zero-order chi connectivity index (χ0) is 14.4.